The fraction of sp³-hybridized carbons (Fsp3) is 0.222. The first-order valence-electron chi connectivity index (χ1n) is 3.61. The maximum absolute atomic E-state index is 10.4. The Bertz CT molecular complexity index is 284. The average molecular weight is 229 g/mol. The van der Waals surface area contributed by atoms with Crippen LogP contribution in [0.3, 0.4) is 0 Å². The lowest BCUT2D eigenvalue weighted by atomic mass is 10.1. The van der Waals surface area contributed by atoms with Gasteiger partial charge < -0.3 is 5.11 Å². The van der Waals surface area contributed by atoms with Gasteiger partial charge in [0.2, 0.25) is 0 Å². The Morgan fingerprint density at radius 2 is 2.25 bits per heavy atom. The first-order valence-corrected chi connectivity index (χ1v) is 4.73. The van der Waals surface area contributed by atoms with Gasteiger partial charge in [0.15, 0.2) is 6.29 Å². The number of halogens is 1. The van der Waals surface area contributed by atoms with E-state index in [9.17, 15) is 9.90 Å². The normalized spacial score (nSPS) is 9.75. The Balaban J connectivity index is 3.04. The zero-order valence-corrected chi connectivity index (χ0v) is 8.04. The van der Waals surface area contributed by atoms with Gasteiger partial charge in [-0.15, -0.1) is 0 Å². The van der Waals surface area contributed by atoms with Gasteiger partial charge in [0, 0.05) is 5.33 Å². The predicted octanol–water partition coefficient (Wildman–Crippen LogP) is 2.14. The number of aldehydes is 1. The molecule has 2 nitrogen and oxygen atoms in total. The third-order valence-corrected chi connectivity index (χ3v) is 2.04. The number of hydrogen-bond acceptors (Lipinski definition) is 2. The lowest BCUT2D eigenvalue weighted by Gasteiger charge is -2.03. The number of rotatable bonds is 3. The van der Waals surface area contributed by atoms with E-state index in [2.05, 4.69) is 15.9 Å². The van der Waals surface area contributed by atoms with Crippen LogP contribution in [-0.2, 0) is 6.42 Å². The van der Waals surface area contributed by atoms with Crippen molar-refractivity contribution < 1.29 is 9.90 Å². The van der Waals surface area contributed by atoms with Gasteiger partial charge in [0.25, 0.3) is 0 Å². The molecule has 0 amide bonds. The summed E-state index contributed by atoms with van der Waals surface area (Å²) in [7, 11) is 0. The number of hydrogen-bond donors (Lipinski definition) is 1. The van der Waals surface area contributed by atoms with E-state index in [4.69, 9.17) is 0 Å². The fourth-order valence-electron chi connectivity index (χ4n) is 1.01. The van der Waals surface area contributed by atoms with E-state index < -0.39 is 0 Å². The van der Waals surface area contributed by atoms with Crippen molar-refractivity contribution in [1.29, 1.82) is 0 Å². The summed E-state index contributed by atoms with van der Waals surface area (Å²) in [6, 6.07) is 5.17. The highest BCUT2D eigenvalue weighted by molar-refractivity contribution is 9.09. The van der Waals surface area contributed by atoms with Gasteiger partial charge in [-0.05, 0) is 18.1 Å². The van der Waals surface area contributed by atoms with Gasteiger partial charge >= 0.3 is 0 Å². The molecule has 0 aliphatic heterocycles. The van der Waals surface area contributed by atoms with Gasteiger partial charge in [0.1, 0.15) is 5.75 Å². The second-order valence-electron chi connectivity index (χ2n) is 2.41. The van der Waals surface area contributed by atoms with E-state index in [0.717, 1.165) is 17.3 Å². The minimum atomic E-state index is 0.104. The second kappa shape index (κ2) is 4.26. The first kappa shape index (κ1) is 9.26. The van der Waals surface area contributed by atoms with Crippen LogP contribution in [0.4, 0.5) is 0 Å². The lowest BCUT2D eigenvalue weighted by Crippen LogP contribution is -1.90. The van der Waals surface area contributed by atoms with Crippen LogP contribution in [0.15, 0.2) is 18.2 Å². The Kier molecular flexibility index (Phi) is 3.29. The molecule has 0 heterocycles. The van der Waals surface area contributed by atoms with Crippen molar-refractivity contribution in [3.05, 3.63) is 29.3 Å². The molecule has 3 heteroatoms. The van der Waals surface area contributed by atoms with E-state index in [-0.39, 0.29) is 5.75 Å². The maximum Gasteiger partial charge on any atom is 0.153 e. The summed E-state index contributed by atoms with van der Waals surface area (Å²) in [5.41, 5.74) is 1.16. The van der Waals surface area contributed by atoms with Crippen molar-refractivity contribution in [1.82, 2.24) is 0 Å². The number of aromatic hydroxyl groups is 1. The largest absolute Gasteiger partial charge is 0.507 e. The van der Waals surface area contributed by atoms with Crippen molar-refractivity contribution in [2.24, 2.45) is 0 Å². The minimum Gasteiger partial charge on any atom is -0.507 e. The Morgan fingerprint density at radius 3 is 2.83 bits per heavy atom. The zero-order chi connectivity index (χ0) is 8.97. The van der Waals surface area contributed by atoms with Crippen LogP contribution in [0.2, 0.25) is 0 Å². The molecule has 0 unspecified atom stereocenters. The first-order chi connectivity index (χ1) is 5.79. The van der Waals surface area contributed by atoms with E-state index in [0.29, 0.717) is 11.8 Å². The molecule has 0 radical (unpaired) electrons. The smallest absolute Gasteiger partial charge is 0.153 e. The molecule has 0 aromatic heterocycles. The molecule has 0 spiro atoms. The molecule has 1 aromatic rings. The number of phenolic OH excluding ortho intramolecular Hbond substituents is 1. The van der Waals surface area contributed by atoms with Crippen LogP contribution in [0.25, 0.3) is 0 Å². The average Bonchev–Trinajstić information content (AvgIpc) is 2.09. The number of phenols is 1. The molecule has 0 saturated heterocycles. The molecular weight excluding hydrogens is 220 g/mol. The minimum absolute atomic E-state index is 0.104. The zero-order valence-electron chi connectivity index (χ0n) is 6.46. The molecule has 0 bridgehead atoms. The summed E-state index contributed by atoms with van der Waals surface area (Å²) in [4.78, 5) is 10.4. The topological polar surface area (TPSA) is 37.3 Å². The van der Waals surface area contributed by atoms with Gasteiger partial charge in [-0.25, -0.2) is 0 Å². The lowest BCUT2D eigenvalue weighted by molar-refractivity contribution is 0.112. The number of para-hydroxylation sites is 1. The molecule has 0 aliphatic carbocycles. The third kappa shape index (κ3) is 1.85. The standard InChI is InChI=1S/C9H9BrO2/c10-5-4-7-2-1-3-8(6-11)9(7)12/h1-3,6,12H,4-5H2. The van der Waals surface area contributed by atoms with Crippen molar-refractivity contribution in [3.8, 4) is 5.75 Å². The van der Waals surface area contributed by atoms with Crippen LogP contribution < -0.4 is 0 Å². The number of carbonyl (C=O) groups excluding carboxylic acids is 1. The summed E-state index contributed by atoms with van der Waals surface area (Å²) in [5.74, 6) is 0.104. The highest BCUT2D eigenvalue weighted by Crippen LogP contribution is 2.21. The molecule has 1 rings (SSSR count). The van der Waals surface area contributed by atoms with E-state index in [1.165, 1.54) is 0 Å². The van der Waals surface area contributed by atoms with Crippen LogP contribution in [0.1, 0.15) is 15.9 Å². The Labute approximate surface area is 79.3 Å². The third-order valence-electron chi connectivity index (χ3n) is 1.64. The number of alkyl halides is 1. The highest BCUT2D eigenvalue weighted by atomic mass is 79.9. The molecule has 0 fully saturated rings. The molecule has 1 N–H and O–H groups in total. The van der Waals surface area contributed by atoms with Crippen LogP contribution >= 0.6 is 15.9 Å². The number of carbonyl (C=O) groups is 1. The SMILES string of the molecule is O=Cc1cccc(CCBr)c1O. The van der Waals surface area contributed by atoms with Crippen molar-refractivity contribution in [2.75, 3.05) is 5.33 Å². The number of aryl methyl sites for hydroxylation is 1. The molecule has 0 saturated carbocycles. The summed E-state index contributed by atoms with van der Waals surface area (Å²) in [5, 5.41) is 10.2. The Morgan fingerprint density at radius 1 is 1.50 bits per heavy atom. The molecule has 12 heavy (non-hydrogen) atoms. The monoisotopic (exact) mass is 228 g/mol. The van der Waals surface area contributed by atoms with Gasteiger partial charge in [0.05, 0.1) is 5.56 Å². The molecule has 64 valence electrons. The predicted molar refractivity (Wildman–Crippen MR) is 51.0 cm³/mol. The summed E-state index contributed by atoms with van der Waals surface area (Å²) in [6.07, 6.45) is 1.39. The van der Waals surface area contributed by atoms with Gasteiger partial charge in [-0.2, -0.15) is 0 Å². The maximum atomic E-state index is 10.4. The van der Waals surface area contributed by atoms with Crippen LogP contribution in [0.5, 0.6) is 5.75 Å². The molecule has 0 atom stereocenters. The molecular formula is C9H9BrO2. The molecule has 1 aromatic carbocycles. The van der Waals surface area contributed by atoms with E-state index in [1.807, 2.05) is 6.07 Å². The summed E-state index contributed by atoms with van der Waals surface area (Å²) < 4.78 is 0. The Hall–Kier alpha value is -0.830. The molecule has 0 aliphatic rings. The quantitative estimate of drug-likeness (QED) is 0.636. The van der Waals surface area contributed by atoms with Gasteiger partial charge in [-0.3, -0.25) is 4.79 Å². The highest BCUT2D eigenvalue weighted by Gasteiger charge is 2.04. The fourth-order valence-corrected chi connectivity index (χ4v) is 1.44. The van der Waals surface area contributed by atoms with E-state index >= 15 is 0 Å². The van der Waals surface area contributed by atoms with Crippen LogP contribution in [-0.4, -0.2) is 16.7 Å². The second-order valence-corrected chi connectivity index (χ2v) is 3.20. The van der Waals surface area contributed by atoms with Crippen molar-refractivity contribution in [2.45, 2.75) is 6.42 Å². The van der Waals surface area contributed by atoms with Crippen LogP contribution in [0, 0.1) is 0 Å². The van der Waals surface area contributed by atoms with Crippen molar-refractivity contribution in [3.63, 3.8) is 0 Å². The van der Waals surface area contributed by atoms with E-state index in [1.54, 1.807) is 12.1 Å². The summed E-state index contributed by atoms with van der Waals surface area (Å²) in [6.45, 7) is 0. The van der Waals surface area contributed by atoms with Crippen molar-refractivity contribution >= 4 is 22.2 Å². The van der Waals surface area contributed by atoms with Gasteiger partial charge in [-0.1, -0.05) is 28.1 Å². The number of benzene rings is 1. The summed E-state index contributed by atoms with van der Waals surface area (Å²) >= 11 is 3.27.